The Labute approximate surface area is 94.1 Å². The fourth-order valence-electron chi connectivity index (χ4n) is 1.15. The number of nitrogens with one attached hydrogen (secondary N) is 2. The molecule has 2 fully saturated rings. The molecule has 2 aliphatic rings. The molecule has 0 amide bonds. The van der Waals surface area contributed by atoms with E-state index in [1.165, 1.54) is 18.2 Å². The summed E-state index contributed by atoms with van der Waals surface area (Å²) < 4.78 is 0. The molecule has 13 heavy (non-hydrogen) atoms. The largest absolute Gasteiger partial charge is 0.315 e. The molecule has 0 saturated carbocycles. The summed E-state index contributed by atoms with van der Waals surface area (Å²) >= 11 is 13.5. The van der Waals surface area contributed by atoms with Crippen molar-refractivity contribution >= 4 is 35.0 Å². The normalized spacial score (nSPS) is 33.7. The van der Waals surface area contributed by atoms with Gasteiger partial charge in [-0.1, -0.05) is 0 Å². The Morgan fingerprint density at radius 1 is 1.08 bits per heavy atom. The number of halogens is 2. The van der Waals surface area contributed by atoms with E-state index in [-0.39, 0.29) is 10.8 Å². The Balaban J connectivity index is 0.000000145. The first-order valence-corrected chi connectivity index (χ1v) is 6.61. The molecule has 2 aliphatic heterocycles. The van der Waals surface area contributed by atoms with Gasteiger partial charge in [-0.3, -0.25) is 0 Å². The van der Waals surface area contributed by atoms with E-state index < -0.39 is 0 Å². The summed E-state index contributed by atoms with van der Waals surface area (Å²) in [5.74, 6) is 2.47. The minimum absolute atomic E-state index is 0.130. The van der Waals surface area contributed by atoms with Crippen molar-refractivity contribution in [2.45, 2.75) is 17.2 Å². The van der Waals surface area contributed by atoms with E-state index in [1.54, 1.807) is 0 Å². The number of rotatable bonds is 0. The number of hydrogen-bond acceptors (Lipinski definition) is 3. The lowest BCUT2D eigenvalue weighted by Gasteiger charge is -2.21. The molecule has 2 N–H and O–H groups in total. The molecule has 0 bridgehead atoms. The van der Waals surface area contributed by atoms with Gasteiger partial charge < -0.3 is 10.6 Å². The van der Waals surface area contributed by atoms with Crippen LogP contribution >= 0.6 is 35.0 Å². The topological polar surface area (TPSA) is 24.1 Å². The van der Waals surface area contributed by atoms with Gasteiger partial charge in [0.2, 0.25) is 0 Å². The highest BCUT2D eigenvalue weighted by molar-refractivity contribution is 7.99. The summed E-state index contributed by atoms with van der Waals surface area (Å²) in [7, 11) is 0. The molecule has 78 valence electrons. The van der Waals surface area contributed by atoms with E-state index >= 15 is 0 Å². The molecule has 0 aromatic carbocycles. The molecule has 0 aromatic heterocycles. The summed E-state index contributed by atoms with van der Waals surface area (Å²) in [5.41, 5.74) is 0. The lowest BCUT2D eigenvalue weighted by atomic mass is 10.2. The van der Waals surface area contributed by atoms with E-state index in [1.807, 2.05) is 11.8 Å². The van der Waals surface area contributed by atoms with Crippen LogP contribution in [0, 0.1) is 0 Å². The zero-order valence-corrected chi connectivity index (χ0v) is 9.89. The smallest absolute Gasteiger partial charge is 0.0624 e. The van der Waals surface area contributed by atoms with Gasteiger partial charge in [-0.15, -0.1) is 35.0 Å². The van der Waals surface area contributed by atoms with Crippen LogP contribution in [0.3, 0.4) is 0 Å². The van der Waals surface area contributed by atoms with E-state index in [0.717, 1.165) is 19.5 Å². The zero-order valence-electron chi connectivity index (χ0n) is 7.56. The molecule has 2 saturated heterocycles. The number of thioether (sulfide) groups is 1. The van der Waals surface area contributed by atoms with Crippen molar-refractivity contribution < 1.29 is 0 Å². The quantitative estimate of drug-likeness (QED) is 0.630. The molecule has 2 heterocycles. The second kappa shape index (κ2) is 7.18. The maximum absolute atomic E-state index is 5.80. The van der Waals surface area contributed by atoms with Crippen molar-refractivity contribution in [2.75, 3.05) is 31.3 Å². The van der Waals surface area contributed by atoms with E-state index in [4.69, 9.17) is 23.2 Å². The highest BCUT2D eigenvalue weighted by Gasteiger charge is 2.19. The molecule has 0 aliphatic carbocycles. The van der Waals surface area contributed by atoms with E-state index in [2.05, 4.69) is 10.6 Å². The van der Waals surface area contributed by atoms with Crippen molar-refractivity contribution in [1.82, 2.24) is 10.6 Å². The second-order valence-corrected chi connectivity index (χ2v) is 5.30. The first kappa shape index (κ1) is 11.9. The summed E-state index contributed by atoms with van der Waals surface area (Å²) in [6, 6.07) is 0. The highest BCUT2D eigenvalue weighted by Crippen LogP contribution is 2.15. The van der Waals surface area contributed by atoms with Gasteiger partial charge in [0.25, 0.3) is 0 Å². The monoisotopic (exact) mass is 242 g/mol. The van der Waals surface area contributed by atoms with Crippen LogP contribution in [0.4, 0.5) is 0 Å². The molecular formula is C8H16Cl2N2S. The first-order valence-electron chi connectivity index (χ1n) is 4.58. The maximum atomic E-state index is 5.80. The van der Waals surface area contributed by atoms with Crippen LogP contribution in [0.5, 0.6) is 0 Å². The maximum Gasteiger partial charge on any atom is 0.0624 e. The molecule has 5 heteroatoms. The van der Waals surface area contributed by atoms with Gasteiger partial charge in [0.05, 0.1) is 10.8 Å². The van der Waals surface area contributed by atoms with Gasteiger partial charge in [-0.05, 0) is 13.0 Å². The number of piperidine rings is 1. The van der Waals surface area contributed by atoms with Crippen LogP contribution < -0.4 is 10.6 Å². The fraction of sp³-hybridized carbons (Fsp3) is 1.00. The van der Waals surface area contributed by atoms with E-state index in [9.17, 15) is 0 Å². The van der Waals surface area contributed by atoms with Gasteiger partial charge in [0, 0.05) is 24.7 Å². The highest BCUT2D eigenvalue weighted by atomic mass is 35.5. The Morgan fingerprint density at radius 3 is 2.23 bits per heavy atom. The molecule has 2 rings (SSSR count). The van der Waals surface area contributed by atoms with Gasteiger partial charge in [-0.2, -0.15) is 0 Å². The van der Waals surface area contributed by atoms with Crippen LogP contribution in [0.1, 0.15) is 6.42 Å². The summed E-state index contributed by atoms with van der Waals surface area (Å²) in [5, 5.41) is 6.64. The third-order valence-electron chi connectivity index (χ3n) is 1.96. The molecular weight excluding hydrogens is 227 g/mol. The van der Waals surface area contributed by atoms with Gasteiger partial charge in [0.15, 0.2) is 0 Å². The standard InChI is InChI=1S/C5H9Cl2N.C3H7NS/c6-4-1-2-8-3-5(4)7;1-2-5-3-4-1/h4-5,8H,1-3H2;4H,1-3H2. The zero-order chi connectivity index (χ0) is 9.52. The molecule has 0 radical (unpaired) electrons. The van der Waals surface area contributed by atoms with Crippen molar-refractivity contribution in [3.8, 4) is 0 Å². The summed E-state index contributed by atoms with van der Waals surface area (Å²) in [6.07, 6.45) is 0.996. The molecule has 2 atom stereocenters. The minimum atomic E-state index is 0.130. The summed E-state index contributed by atoms with van der Waals surface area (Å²) in [6.45, 7) is 3.08. The average Bonchev–Trinajstić information content (AvgIpc) is 2.68. The van der Waals surface area contributed by atoms with Crippen molar-refractivity contribution in [3.63, 3.8) is 0 Å². The molecule has 0 spiro atoms. The Morgan fingerprint density at radius 2 is 1.92 bits per heavy atom. The minimum Gasteiger partial charge on any atom is -0.315 e. The van der Waals surface area contributed by atoms with Crippen LogP contribution in [-0.2, 0) is 0 Å². The number of alkyl halides is 2. The third-order valence-corrected chi connectivity index (χ3v) is 3.97. The molecule has 2 unspecified atom stereocenters. The van der Waals surface area contributed by atoms with Crippen LogP contribution in [0.15, 0.2) is 0 Å². The van der Waals surface area contributed by atoms with Gasteiger partial charge in [0.1, 0.15) is 0 Å². The second-order valence-electron chi connectivity index (χ2n) is 3.08. The predicted octanol–water partition coefficient (Wildman–Crippen LogP) is 1.47. The number of hydrogen-bond donors (Lipinski definition) is 2. The fourth-order valence-corrected chi connectivity index (χ4v) is 2.30. The average molecular weight is 243 g/mol. The Hall–Kier alpha value is 0.850. The van der Waals surface area contributed by atoms with Crippen LogP contribution in [0.25, 0.3) is 0 Å². The van der Waals surface area contributed by atoms with Crippen molar-refractivity contribution in [3.05, 3.63) is 0 Å². The molecule has 2 nitrogen and oxygen atoms in total. The molecule has 0 aromatic rings. The van der Waals surface area contributed by atoms with Crippen molar-refractivity contribution in [2.24, 2.45) is 0 Å². The van der Waals surface area contributed by atoms with Gasteiger partial charge >= 0.3 is 0 Å². The lowest BCUT2D eigenvalue weighted by Crippen LogP contribution is -2.37. The predicted molar refractivity (Wildman–Crippen MR) is 62.1 cm³/mol. The van der Waals surface area contributed by atoms with E-state index in [0.29, 0.717) is 0 Å². The first-order chi connectivity index (χ1) is 6.30. The Bertz CT molecular complexity index is 116. The van der Waals surface area contributed by atoms with Crippen LogP contribution in [-0.4, -0.2) is 42.0 Å². The summed E-state index contributed by atoms with van der Waals surface area (Å²) in [4.78, 5) is 0. The third kappa shape index (κ3) is 5.33. The lowest BCUT2D eigenvalue weighted by molar-refractivity contribution is 0.533. The van der Waals surface area contributed by atoms with Gasteiger partial charge in [-0.25, -0.2) is 0 Å². The van der Waals surface area contributed by atoms with Crippen LogP contribution in [0.2, 0.25) is 0 Å². The SMILES string of the molecule is C1CSCN1.ClC1CCNCC1Cl. The Kier molecular flexibility index (Phi) is 6.59. The van der Waals surface area contributed by atoms with Crippen molar-refractivity contribution in [1.29, 1.82) is 0 Å².